The Kier molecular flexibility index (Phi) is 5.93. The van der Waals surface area contributed by atoms with Crippen molar-refractivity contribution in [2.75, 3.05) is 13.1 Å². The molecule has 1 aliphatic rings. The zero-order valence-electron chi connectivity index (χ0n) is 9.81. The van der Waals surface area contributed by atoms with Crippen LogP contribution in [0, 0.1) is 5.92 Å². The van der Waals surface area contributed by atoms with E-state index in [-0.39, 0.29) is 0 Å². The molecule has 1 fully saturated rings. The van der Waals surface area contributed by atoms with Gasteiger partial charge < -0.3 is 5.32 Å². The Bertz CT molecular complexity index is 162. The minimum atomic E-state index is 1.02. The van der Waals surface area contributed by atoms with E-state index in [9.17, 15) is 0 Å². The summed E-state index contributed by atoms with van der Waals surface area (Å²) >= 11 is 0. The molecule has 0 radical (unpaired) electrons. The number of allylic oxidation sites excluding steroid dienone is 1. The van der Waals surface area contributed by atoms with E-state index in [1.165, 1.54) is 50.6 Å². The third-order valence-corrected chi connectivity index (χ3v) is 3.11. The van der Waals surface area contributed by atoms with Gasteiger partial charge in [0, 0.05) is 6.54 Å². The van der Waals surface area contributed by atoms with E-state index in [0.717, 1.165) is 12.5 Å². The molecule has 1 saturated carbocycles. The van der Waals surface area contributed by atoms with Gasteiger partial charge in [0.15, 0.2) is 0 Å². The Labute approximate surface area is 89.0 Å². The predicted octanol–water partition coefficient (Wildman–Crippen LogP) is 3.51. The molecule has 0 saturated heterocycles. The van der Waals surface area contributed by atoms with Crippen LogP contribution in [0.2, 0.25) is 0 Å². The fourth-order valence-electron chi connectivity index (χ4n) is 2.16. The molecule has 0 spiro atoms. The van der Waals surface area contributed by atoms with E-state index in [1.807, 2.05) is 0 Å². The molecule has 0 atom stereocenters. The van der Waals surface area contributed by atoms with Crippen LogP contribution in [0.4, 0.5) is 0 Å². The molecule has 1 nitrogen and oxygen atoms in total. The van der Waals surface area contributed by atoms with E-state index < -0.39 is 0 Å². The summed E-state index contributed by atoms with van der Waals surface area (Å²) in [4.78, 5) is 0. The SMILES string of the molecule is CC(C)=CCNCCC1CCCCC1. The van der Waals surface area contributed by atoms with Gasteiger partial charge in [-0.05, 0) is 32.7 Å². The molecule has 0 aromatic heterocycles. The number of nitrogens with one attached hydrogen (secondary N) is 1. The molecule has 0 heterocycles. The van der Waals surface area contributed by atoms with Crippen molar-refractivity contribution in [1.82, 2.24) is 5.32 Å². The fraction of sp³-hybridized carbons (Fsp3) is 0.846. The van der Waals surface area contributed by atoms with Gasteiger partial charge in [0.05, 0.1) is 0 Å². The maximum Gasteiger partial charge on any atom is 0.0137 e. The Morgan fingerprint density at radius 1 is 1.21 bits per heavy atom. The fourth-order valence-corrected chi connectivity index (χ4v) is 2.16. The Hall–Kier alpha value is -0.300. The molecule has 1 heteroatoms. The van der Waals surface area contributed by atoms with Crippen LogP contribution < -0.4 is 5.32 Å². The number of hydrogen-bond acceptors (Lipinski definition) is 1. The van der Waals surface area contributed by atoms with Crippen molar-refractivity contribution in [3.63, 3.8) is 0 Å². The van der Waals surface area contributed by atoms with Gasteiger partial charge in [0.2, 0.25) is 0 Å². The van der Waals surface area contributed by atoms with Gasteiger partial charge >= 0.3 is 0 Å². The lowest BCUT2D eigenvalue weighted by molar-refractivity contribution is 0.335. The van der Waals surface area contributed by atoms with Gasteiger partial charge in [-0.3, -0.25) is 0 Å². The molecule has 0 aromatic carbocycles. The van der Waals surface area contributed by atoms with E-state index in [4.69, 9.17) is 0 Å². The molecule has 0 aromatic rings. The molecule has 1 aliphatic carbocycles. The zero-order chi connectivity index (χ0) is 10.2. The van der Waals surface area contributed by atoms with E-state index >= 15 is 0 Å². The summed E-state index contributed by atoms with van der Waals surface area (Å²) in [6, 6.07) is 0. The second-order valence-electron chi connectivity index (χ2n) is 4.78. The van der Waals surface area contributed by atoms with Crippen LogP contribution in [0.25, 0.3) is 0 Å². The first-order valence-corrected chi connectivity index (χ1v) is 6.13. The molecule has 0 unspecified atom stereocenters. The van der Waals surface area contributed by atoms with Crippen molar-refractivity contribution in [1.29, 1.82) is 0 Å². The molecule has 0 aliphatic heterocycles. The lowest BCUT2D eigenvalue weighted by atomic mass is 9.87. The maximum absolute atomic E-state index is 3.49. The van der Waals surface area contributed by atoms with Crippen LogP contribution in [-0.4, -0.2) is 13.1 Å². The summed E-state index contributed by atoms with van der Waals surface area (Å²) in [5, 5.41) is 3.49. The van der Waals surface area contributed by atoms with Gasteiger partial charge in [-0.15, -0.1) is 0 Å². The quantitative estimate of drug-likeness (QED) is 0.523. The van der Waals surface area contributed by atoms with Gasteiger partial charge in [-0.2, -0.15) is 0 Å². The minimum Gasteiger partial charge on any atom is -0.313 e. The van der Waals surface area contributed by atoms with Gasteiger partial charge in [0.1, 0.15) is 0 Å². The highest BCUT2D eigenvalue weighted by Gasteiger charge is 2.11. The van der Waals surface area contributed by atoms with Gasteiger partial charge in [-0.1, -0.05) is 43.8 Å². The minimum absolute atomic E-state index is 1.02. The smallest absolute Gasteiger partial charge is 0.0137 e. The first kappa shape index (κ1) is 11.8. The Morgan fingerprint density at radius 2 is 1.93 bits per heavy atom. The second kappa shape index (κ2) is 7.05. The lowest BCUT2D eigenvalue weighted by Crippen LogP contribution is -2.19. The molecule has 14 heavy (non-hydrogen) atoms. The lowest BCUT2D eigenvalue weighted by Gasteiger charge is -2.21. The highest BCUT2D eigenvalue weighted by atomic mass is 14.8. The second-order valence-corrected chi connectivity index (χ2v) is 4.78. The molecule has 1 N–H and O–H groups in total. The van der Waals surface area contributed by atoms with Gasteiger partial charge in [0.25, 0.3) is 0 Å². The van der Waals surface area contributed by atoms with Crippen LogP contribution in [0.15, 0.2) is 11.6 Å². The summed E-state index contributed by atoms with van der Waals surface area (Å²) in [7, 11) is 0. The third-order valence-electron chi connectivity index (χ3n) is 3.11. The van der Waals surface area contributed by atoms with Crippen molar-refractivity contribution in [2.24, 2.45) is 5.92 Å². The van der Waals surface area contributed by atoms with Crippen LogP contribution in [-0.2, 0) is 0 Å². The molecular formula is C13H25N. The highest BCUT2D eigenvalue weighted by Crippen LogP contribution is 2.25. The molecule has 0 amide bonds. The molecule has 82 valence electrons. The molecular weight excluding hydrogens is 170 g/mol. The van der Waals surface area contributed by atoms with Crippen molar-refractivity contribution in [3.05, 3.63) is 11.6 Å². The number of hydrogen-bond donors (Lipinski definition) is 1. The normalized spacial score (nSPS) is 18.1. The maximum atomic E-state index is 3.49. The summed E-state index contributed by atoms with van der Waals surface area (Å²) in [6.07, 6.45) is 11.0. The summed E-state index contributed by atoms with van der Waals surface area (Å²) in [6.45, 7) is 6.56. The molecule has 0 bridgehead atoms. The summed E-state index contributed by atoms with van der Waals surface area (Å²) in [5.41, 5.74) is 1.41. The highest BCUT2D eigenvalue weighted by molar-refractivity contribution is 4.94. The zero-order valence-corrected chi connectivity index (χ0v) is 9.81. The van der Waals surface area contributed by atoms with Crippen molar-refractivity contribution in [2.45, 2.75) is 52.4 Å². The third kappa shape index (κ3) is 5.43. The van der Waals surface area contributed by atoms with Crippen molar-refractivity contribution >= 4 is 0 Å². The first-order valence-electron chi connectivity index (χ1n) is 6.13. The number of rotatable bonds is 5. The van der Waals surface area contributed by atoms with E-state index in [1.54, 1.807) is 0 Å². The van der Waals surface area contributed by atoms with Crippen molar-refractivity contribution in [3.8, 4) is 0 Å². The monoisotopic (exact) mass is 195 g/mol. The van der Waals surface area contributed by atoms with Crippen LogP contribution in [0.1, 0.15) is 52.4 Å². The topological polar surface area (TPSA) is 12.0 Å². The standard InChI is InChI=1S/C13H25N/c1-12(2)8-10-14-11-9-13-6-4-3-5-7-13/h8,13-14H,3-7,9-11H2,1-2H3. The van der Waals surface area contributed by atoms with E-state index in [2.05, 4.69) is 25.2 Å². The van der Waals surface area contributed by atoms with Crippen LogP contribution in [0.3, 0.4) is 0 Å². The predicted molar refractivity (Wildman–Crippen MR) is 63.5 cm³/mol. The summed E-state index contributed by atoms with van der Waals surface area (Å²) < 4.78 is 0. The van der Waals surface area contributed by atoms with Crippen molar-refractivity contribution < 1.29 is 0 Å². The van der Waals surface area contributed by atoms with E-state index in [0.29, 0.717) is 0 Å². The Morgan fingerprint density at radius 3 is 2.57 bits per heavy atom. The Balaban J connectivity index is 1.95. The van der Waals surface area contributed by atoms with Crippen LogP contribution in [0.5, 0.6) is 0 Å². The molecule has 1 rings (SSSR count). The average molecular weight is 195 g/mol. The average Bonchev–Trinajstić information content (AvgIpc) is 2.18. The first-order chi connectivity index (χ1) is 6.79. The van der Waals surface area contributed by atoms with Crippen LogP contribution >= 0.6 is 0 Å². The largest absolute Gasteiger partial charge is 0.313 e. The summed E-state index contributed by atoms with van der Waals surface area (Å²) in [5.74, 6) is 1.02. The van der Waals surface area contributed by atoms with Gasteiger partial charge in [-0.25, -0.2) is 0 Å².